The Kier molecular flexibility index (Phi) is 6.32. The van der Waals surface area contributed by atoms with Gasteiger partial charge in [0.2, 0.25) is 0 Å². The van der Waals surface area contributed by atoms with Crippen molar-refractivity contribution in [2.75, 3.05) is 12.4 Å². The van der Waals surface area contributed by atoms with E-state index in [1.807, 2.05) is 12.1 Å². The summed E-state index contributed by atoms with van der Waals surface area (Å²) < 4.78 is 50.3. The molecule has 0 aliphatic carbocycles. The van der Waals surface area contributed by atoms with Crippen LogP contribution in [0.5, 0.6) is 0 Å². The number of benzene rings is 1. The summed E-state index contributed by atoms with van der Waals surface area (Å²) in [5.41, 5.74) is 1.45. The summed E-state index contributed by atoms with van der Waals surface area (Å²) in [4.78, 5) is 16.1. The van der Waals surface area contributed by atoms with Crippen LogP contribution in [-0.2, 0) is 9.53 Å². The fourth-order valence-electron chi connectivity index (χ4n) is 2.49. The van der Waals surface area contributed by atoms with Crippen LogP contribution in [0, 0.1) is 5.92 Å². The minimum Gasteiger partial charge on any atom is -0.462 e. The molecule has 1 aromatic carbocycles. The third-order valence-electron chi connectivity index (χ3n) is 4.12. The molecule has 1 atom stereocenters. The zero-order chi connectivity index (χ0) is 21.0. The second kappa shape index (κ2) is 8.73. The molecule has 0 spiro atoms. The van der Waals surface area contributed by atoms with Gasteiger partial charge in [0, 0.05) is 39.6 Å². The largest absolute Gasteiger partial charge is 0.462 e. The number of pyridine rings is 1. The van der Waals surface area contributed by atoms with Gasteiger partial charge in [-0.3, -0.25) is 4.98 Å². The summed E-state index contributed by atoms with van der Waals surface area (Å²) in [5, 5.41) is 0.843. The number of aromatic nitrogens is 1. The van der Waals surface area contributed by atoms with E-state index in [0.29, 0.717) is 16.2 Å². The first kappa shape index (κ1) is 21.0. The number of alkyl halides is 3. The predicted octanol–water partition coefficient (Wildman–Crippen LogP) is 5.88. The second-order valence-corrected chi connectivity index (χ2v) is 7.57. The van der Waals surface area contributed by atoms with Gasteiger partial charge in [-0.2, -0.15) is 13.2 Å². The Balaban J connectivity index is 1.71. The van der Waals surface area contributed by atoms with E-state index in [-0.39, 0.29) is 11.3 Å². The van der Waals surface area contributed by atoms with Gasteiger partial charge in [0.1, 0.15) is 18.0 Å². The molecule has 29 heavy (non-hydrogen) atoms. The Bertz CT molecular complexity index is 1010. The SMILES string of the molecule is C=C(C)C(=O)OCC(CSc1ccc2cc(-c3cccnc3)oc2c1)C(F)(F)F. The fourth-order valence-corrected chi connectivity index (χ4v) is 3.52. The van der Waals surface area contributed by atoms with E-state index in [2.05, 4.69) is 11.6 Å². The number of hydrogen-bond donors (Lipinski definition) is 0. The average molecular weight is 421 g/mol. The number of carbonyl (C=O) groups is 1. The molecule has 2 aromatic heterocycles. The van der Waals surface area contributed by atoms with Crippen LogP contribution in [-0.4, -0.2) is 29.5 Å². The van der Waals surface area contributed by atoms with Gasteiger partial charge in [0.25, 0.3) is 0 Å². The molecule has 3 rings (SSSR count). The molecule has 8 heteroatoms. The molecule has 152 valence electrons. The summed E-state index contributed by atoms with van der Waals surface area (Å²) in [6.07, 6.45) is -1.15. The summed E-state index contributed by atoms with van der Waals surface area (Å²) in [7, 11) is 0. The lowest BCUT2D eigenvalue weighted by Crippen LogP contribution is -2.30. The summed E-state index contributed by atoms with van der Waals surface area (Å²) >= 11 is 1.03. The molecule has 0 aliphatic rings. The van der Waals surface area contributed by atoms with Gasteiger partial charge >= 0.3 is 12.1 Å². The van der Waals surface area contributed by atoms with Crippen LogP contribution < -0.4 is 0 Å². The Hall–Kier alpha value is -2.74. The van der Waals surface area contributed by atoms with E-state index in [4.69, 9.17) is 9.15 Å². The lowest BCUT2D eigenvalue weighted by atomic mass is 10.2. The fraction of sp³-hybridized carbons (Fsp3) is 0.238. The van der Waals surface area contributed by atoms with Gasteiger partial charge in [0.15, 0.2) is 0 Å². The van der Waals surface area contributed by atoms with Crippen molar-refractivity contribution in [2.45, 2.75) is 18.0 Å². The first-order valence-corrected chi connectivity index (χ1v) is 9.69. The maximum Gasteiger partial charge on any atom is 0.395 e. The number of halogens is 3. The number of furan rings is 1. The highest BCUT2D eigenvalue weighted by molar-refractivity contribution is 7.99. The number of esters is 1. The van der Waals surface area contributed by atoms with E-state index in [1.54, 1.807) is 36.7 Å². The minimum atomic E-state index is -4.48. The number of rotatable bonds is 7. The highest BCUT2D eigenvalue weighted by atomic mass is 32.2. The molecule has 4 nitrogen and oxygen atoms in total. The van der Waals surface area contributed by atoms with Crippen LogP contribution in [0.1, 0.15) is 6.92 Å². The van der Waals surface area contributed by atoms with Crippen LogP contribution in [0.2, 0.25) is 0 Å². The Morgan fingerprint density at radius 3 is 2.76 bits per heavy atom. The zero-order valence-electron chi connectivity index (χ0n) is 15.5. The summed E-state index contributed by atoms with van der Waals surface area (Å²) in [6, 6.07) is 10.7. The van der Waals surface area contributed by atoms with E-state index >= 15 is 0 Å². The van der Waals surface area contributed by atoms with Crippen molar-refractivity contribution in [3.63, 3.8) is 0 Å². The van der Waals surface area contributed by atoms with Gasteiger partial charge in [-0.25, -0.2) is 4.79 Å². The lowest BCUT2D eigenvalue weighted by molar-refractivity contribution is -0.183. The zero-order valence-corrected chi connectivity index (χ0v) is 16.3. The van der Waals surface area contributed by atoms with Crippen molar-refractivity contribution in [1.82, 2.24) is 4.98 Å². The summed E-state index contributed by atoms with van der Waals surface area (Å²) in [6.45, 7) is 4.01. The van der Waals surface area contributed by atoms with E-state index in [9.17, 15) is 18.0 Å². The summed E-state index contributed by atoms with van der Waals surface area (Å²) in [5.74, 6) is -2.26. The van der Waals surface area contributed by atoms with Crippen molar-refractivity contribution >= 4 is 28.7 Å². The topological polar surface area (TPSA) is 52.3 Å². The van der Waals surface area contributed by atoms with E-state index in [1.165, 1.54) is 6.92 Å². The van der Waals surface area contributed by atoms with Crippen LogP contribution in [0.25, 0.3) is 22.3 Å². The third-order valence-corrected chi connectivity index (χ3v) is 5.27. The van der Waals surface area contributed by atoms with Crippen molar-refractivity contribution in [3.05, 3.63) is 60.9 Å². The van der Waals surface area contributed by atoms with Gasteiger partial charge in [-0.05, 0) is 43.3 Å². The van der Waals surface area contributed by atoms with E-state index in [0.717, 1.165) is 22.7 Å². The smallest absolute Gasteiger partial charge is 0.395 e. The number of nitrogens with zero attached hydrogens (tertiary/aromatic N) is 1. The van der Waals surface area contributed by atoms with Crippen molar-refractivity contribution in [2.24, 2.45) is 5.92 Å². The van der Waals surface area contributed by atoms with Gasteiger partial charge in [-0.1, -0.05) is 6.58 Å². The number of fused-ring (bicyclic) bond motifs is 1. The number of carbonyl (C=O) groups excluding carboxylic acids is 1. The normalized spacial score (nSPS) is 12.7. The highest BCUT2D eigenvalue weighted by Gasteiger charge is 2.40. The van der Waals surface area contributed by atoms with Gasteiger partial charge in [0.05, 0.1) is 5.92 Å². The maximum absolute atomic E-state index is 13.3. The first-order chi connectivity index (χ1) is 13.7. The molecule has 0 fully saturated rings. The Labute approximate surface area is 169 Å². The first-order valence-electron chi connectivity index (χ1n) is 8.70. The number of ether oxygens (including phenoxy) is 1. The second-order valence-electron chi connectivity index (χ2n) is 6.48. The van der Waals surface area contributed by atoms with Crippen LogP contribution in [0.3, 0.4) is 0 Å². The molecule has 3 aromatic rings. The highest BCUT2D eigenvalue weighted by Crippen LogP contribution is 2.34. The van der Waals surface area contributed by atoms with Gasteiger partial charge < -0.3 is 9.15 Å². The molecule has 0 N–H and O–H groups in total. The average Bonchev–Trinajstić information content (AvgIpc) is 3.10. The van der Waals surface area contributed by atoms with Gasteiger partial charge in [-0.15, -0.1) is 11.8 Å². The molecule has 1 unspecified atom stereocenters. The van der Waals surface area contributed by atoms with Crippen LogP contribution in [0.15, 0.2) is 70.3 Å². The quantitative estimate of drug-likeness (QED) is 0.271. The monoisotopic (exact) mass is 421 g/mol. The molecular formula is C21H18F3NO3S. The standard InChI is InChI=1S/C21H18F3NO3S/c1-13(2)20(26)27-11-16(21(22,23)24)12-29-17-6-5-14-8-18(28-19(14)9-17)15-4-3-7-25-10-15/h3-10,16H,1,11-12H2,2H3. The van der Waals surface area contributed by atoms with Crippen LogP contribution in [0.4, 0.5) is 13.2 Å². The molecule has 2 heterocycles. The lowest BCUT2D eigenvalue weighted by Gasteiger charge is -2.19. The predicted molar refractivity (Wildman–Crippen MR) is 105 cm³/mol. The molecule has 0 bridgehead atoms. The molecule has 0 aliphatic heterocycles. The molecule has 0 amide bonds. The minimum absolute atomic E-state index is 0.0614. The molecule has 0 saturated carbocycles. The number of hydrogen-bond acceptors (Lipinski definition) is 5. The van der Waals surface area contributed by atoms with E-state index < -0.39 is 24.7 Å². The molecule has 0 radical (unpaired) electrons. The maximum atomic E-state index is 13.3. The van der Waals surface area contributed by atoms with Crippen molar-refractivity contribution in [1.29, 1.82) is 0 Å². The Morgan fingerprint density at radius 2 is 2.10 bits per heavy atom. The molecule has 0 saturated heterocycles. The Morgan fingerprint density at radius 1 is 1.31 bits per heavy atom. The van der Waals surface area contributed by atoms with Crippen molar-refractivity contribution in [3.8, 4) is 11.3 Å². The third kappa shape index (κ3) is 5.41. The number of thioether (sulfide) groups is 1. The van der Waals surface area contributed by atoms with Crippen LogP contribution >= 0.6 is 11.8 Å². The molecular weight excluding hydrogens is 403 g/mol. The van der Waals surface area contributed by atoms with Crippen molar-refractivity contribution < 1.29 is 27.1 Å².